The molecule has 164 valence electrons. The number of fused-ring (bicyclic) bond motifs is 1. The van der Waals surface area contributed by atoms with Gasteiger partial charge in [-0.1, -0.05) is 6.07 Å². The zero-order chi connectivity index (χ0) is 21.8. The summed E-state index contributed by atoms with van der Waals surface area (Å²) in [7, 11) is 0. The predicted molar refractivity (Wildman–Crippen MR) is 121 cm³/mol. The van der Waals surface area contributed by atoms with Crippen molar-refractivity contribution in [1.29, 1.82) is 0 Å². The molecule has 0 aromatic carbocycles. The van der Waals surface area contributed by atoms with Gasteiger partial charge in [-0.15, -0.1) is 0 Å². The lowest BCUT2D eigenvalue weighted by molar-refractivity contribution is 0.122. The Morgan fingerprint density at radius 1 is 0.969 bits per heavy atom. The minimum Gasteiger partial charge on any atom is -0.478 e. The molecule has 1 fully saturated rings. The van der Waals surface area contributed by atoms with Crippen LogP contribution in [0.2, 0.25) is 0 Å². The molecule has 0 bridgehead atoms. The second-order valence-electron chi connectivity index (χ2n) is 7.75. The van der Waals surface area contributed by atoms with Gasteiger partial charge in [0, 0.05) is 62.9 Å². The van der Waals surface area contributed by atoms with E-state index in [4.69, 9.17) is 19.4 Å². The Kier molecular flexibility index (Phi) is 5.93. The molecule has 0 N–H and O–H groups in total. The number of hydrogen-bond donors (Lipinski definition) is 0. The van der Waals surface area contributed by atoms with Gasteiger partial charge in [-0.2, -0.15) is 0 Å². The largest absolute Gasteiger partial charge is 0.478 e. The van der Waals surface area contributed by atoms with Crippen LogP contribution < -0.4 is 9.64 Å². The first kappa shape index (κ1) is 20.4. The van der Waals surface area contributed by atoms with Crippen LogP contribution in [0.25, 0.3) is 5.65 Å². The fourth-order valence-electron chi connectivity index (χ4n) is 3.86. The summed E-state index contributed by atoms with van der Waals surface area (Å²) in [6.45, 7) is 5.65. The number of ether oxygens (including phenoxy) is 2. The lowest BCUT2D eigenvalue weighted by Crippen LogP contribution is -2.37. The molecule has 8 heteroatoms. The van der Waals surface area contributed by atoms with Crippen LogP contribution in [0.4, 0.5) is 5.82 Å². The summed E-state index contributed by atoms with van der Waals surface area (Å²) in [6, 6.07) is 10.2. The Bertz CT molecular complexity index is 1180. The van der Waals surface area contributed by atoms with Crippen LogP contribution in [0.1, 0.15) is 29.6 Å². The first-order chi connectivity index (χ1) is 15.8. The van der Waals surface area contributed by atoms with E-state index in [1.165, 1.54) is 5.56 Å². The number of imidazole rings is 1. The van der Waals surface area contributed by atoms with Gasteiger partial charge in [0.2, 0.25) is 5.88 Å². The first-order valence-corrected chi connectivity index (χ1v) is 11.0. The molecule has 0 unspecified atom stereocenters. The van der Waals surface area contributed by atoms with E-state index < -0.39 is 0 Å². The minimum absolute atomic E-state index is 0.602. The molecule has 4 aromatic rings. The van der Waals surface area contributed by atoms with E-state index in [1.807, 2.05) is 48.2 Å². The Balaban J connectivity index is 1.43. The van der Waals surface area contributed by atoms with E-state index >= 15 is 0 Å². The number of pyridine rings is 2. The van der Waals surface area contributed by atoms with Crippen molar-refractivity contribution in [3.63, 3.8) is 0 Å². The molecular weight excluding hydrogens is 404 g/mol. The molecule has 4 aromatic heterocycles. The van der Waals surface area contributed by atoms with Crippen molar-refractivity contribution >= 4 is 11.5 Å². The molecule has 0 saturated carbocycles. The number of hydrogen-bond acceptors (Lipinski definition) is 7. The topological polar surface area (TPSA) is 77.7 Å². The molecule has 1 aliphatic rings. The van der Waals surface area contributed by atoms with Gasteiger partial charge in [0.1, 0.15) is 17.3 Å². The summed E-state index contributed by atoms with van der Waals surface area (Å²) >= 11 is 0. The van der Waals surface area contributed by atoms with E-state index in [1.54, 1.807) is 0 Å². The Labute approximate surface area is 186 Å². The van der Waals surface area contributed by atoms with Crippen molar-refractivity contribution in [2.24, 2.45) is 0 Å². The monoisotopic (exact) mass is 430 g/mol. The smallest absolute Gasteiger partial charge is 0.213 e. The summed E-state index contributed by atoms with van der Waals surface area (Å²) in [6.07, 6.45) is 8.96. The maximum absolute atomic E-state index is 5.52. The number of nitrogens with zero attached hydrogens (tertiary/aromatic N) is 6. The van der Waals surface area contributed by atoms with Crippen molar-refractivity contribution in [2.45, 2.75) is 19.8 Å². The third-order valence-corrected chi connectivity index (χ3v) is 5.45. The van der Waals surface area contributed by atoms with Gasteiger partial charge in [0.05, 0.1) is 25.5 Å². The standard InChI is InChI=1S/C24H26N6O2/c1-2-32-24-4-3-19(17-26-24)14-21-27-20(16-23(28-21)30-9-11-31-12-10-30)13-18-5-7-29-8-6-25-22(29)15-18/h3-8,15-17H,2,9-14H2,1H3. The maximum Gasteiger partial charge on any atom is 0.213 e. The zero-order valence-electron chi connectivity index (χ0n) is 18.1. The molecule has 0 aliphatic carbocycles. The molecule has 5 rings (SSSR count). The van der Waals surface area contributed by atoms with Crippen molar-refractivity contribution < 1.29 is 9.47 Å². The van der Waals surface area contributed by atoms with E-state index in [0.717, 1.165) is 48.1 Å². The van der Waals surface area contributed by atoms with E-state index in [0.29, 0.717) is 32.1 Å². The predicted octanol–water partition coefficient (Wildman–Crippen LogP) is 2.94. The lowest BCUT2D eigenvalue weighted by atomic mass is 10.1. The van der Waals surface area contributed by atoms with Crippen LogP contribution in [0.15, 0.2) is 55.1 Å². The van der Waals surface area contributed by atoms with Crippen molar-refractivity contribution in [3.05, 3.63) is 77.8 Å². The van der Waals surface area contributed by atoms with E-state index in [-0.39, 0.29) is 0 Å². The van der Waals surface area contributed by atoms with Crippen LogP contribution >= 0.6 is 0 Å². The Morgan fingerprint density at radius 2 is 1.88 bits per heavy atom. The average Bonchev–Trinajstić information content (AvgIpc) is 3.29. The molecule has 0 amide bonds. The van der Waals surface area contributed by atoms with Crippen LogP contribution in [0.3, 0.4) is 0 Å². The molecule has 32 heavy (non-hydrogen) atoms. The molecule has 8 nitrogen and oxygen atoms in total. The molecule has 0 atom stereocenters. The number of anilines is 1. The highest BCUT2D eigenvalue weighted by Crippen LogP contribution is 2.19. The van der Waals surface area contributed by atoms with E-state index in [9.17, 15) is 0 Å². The van der Waals surface area contributed by atoms with Gasteiger partial charge < -0.3 is 18.8 Å². The highest BCUT2D eigenvalue weighted by molar-refractivity contribution is 5.45. The molecule has 1 aliphatic heterocycles. The third kappa shape index (κ3) is 4.70. The average molecular weight is 431 g/mol. The molecule has 5 heterocycles. The highest BCUT2D eigenvalue weighted by atomic mass is 16.5. The third-order valence-electron chi connectivity index (χ3n) is 5.45. The molecule has 1 saturated heterocycles. The molecule has 0 spiro atoms. The first-order valence-electron chi connectivity index (χ1n) is 11.0. The van der Waals surface area contributed by atoms with Crippen molar-refractivity contribution in [1.82, 2.24) is 24.3 Å². The minimum atomic E-state index is 0.602. The van der Waals surface area contributed by atoms with Crippen LogP contribution in [0.5, 0.6) is 5.88 Å². The second-order valence-corrected chi connectivity index (χ2v) is 7.75. The fourth-order valence-corrected chi connectivity index (χ4v) is 3.86. The maximum atomic E-state index is 5.52. The summed E-state index contributed by atoms with van der Waals surface area (Å²) < 4.78 is 13.0. The molecule has 0 radical (unpaired) electrons. The number of morpholine rings is 1. The zero-order valence-corrected chi connectivity index (χ0v) is 18.1. The van der Waals surface area contributed by atoms with Gasteiger partial charge in [-0.25, -0.2) is 19.9 Å². The lowest BCUT2D eigenvalue weighted by Gasteiger charge is -2.28. The van der Waals surface area contributed by atoms with Crippen molar-refractivity contribution in [2.75, 3.05) is 37.8 Å². The van der Waals surface area contributed by atoms with Gasteiger partial charge in [0.25, 0.3) is 0 Å². The normalized spacial score (nSPS) is 14.1. The highest BCUT2D eigenvalue weighted by Gasteiger charge is 2.16. The molecular formula is C24H26N6O2. The van der Waals surface area contributed by atoms with Gasteiger partial charge in [-0.3, -0.25) is 0 Å². The summed E-state index contributed by atoms with van der Waals surface area (Å²) in [5.41, 5.74) is 4.15. The van der Waals surface area contributed by atoms with Gasteiger partial charge in [0.15, 0.2) is 0 Å². The van der Waals surface area contributed by atoms with Crippen molar-refractivity contribution in [3.8, 4) is 5.88 Å². The summed E-state index contributed by atoms with van der Waals surface area (Å²) in [5, 5.41) is 0. The Morgan fingerprint density at radius 3 is 2.69 bits per heavy atom. The van der Waals surface area contributed by atoms with Crippen LogP contribution in [0, 0.1) is 0 Å². The number of rotatable bonds is 7. The summed E-state index contributed by atoms with van der Waals surface area (Å²) in [4.78, 5) is 20.8. The fraction of sp³-hybridized carbons (Fsp3) is 0.333. The van der Waals surface area contributed by atoms with Gasteiger partial charge >= 0.3 is 0 Å². The number of aromatic nitrogens is 5. The van der Waals surface area contributed by atoms with Crippen LogP contribution in [-0.2, 0) is 17.6 Å². The quantitative estimate of drug-likeness (QED) is 0.446. The Hall–Kier alpha value is -3.52. The van der Waals surface area contributed by atoms with Gasteiger partial charge in [-0.05, 0) is 30.2 Å². The second kappa shape index (κ2) is 9.32. The summed E-state index contributed by atoms with van der Waals surface area (Å²) in [5.74, 6) is 2.38. The SMILES string of the molecule is CCOc1ccc(Cc2nc(Cc3ccn4ccnc4c3)cc(N3CCOCC3)n2)cn1. The van der Waals surface area contributed by atoms with E-state index in [2.05, 4.69) is 33.1 Å². The van der Waals surface area contributed by atoms with Crippen LogP contribution in [-0.4, -0.2) is 57.2 Å².